The molecule has 0 aliphatic carbocycles. The van der Waals surface area contributed by atoms with E-state index in [4.69, 9.17) is 4.74 Å². The molecule has 0 aliphatic rings. The molecule has 0 spiro atoms. The normalized spacial score (nSPS) is 11.0. The molecule has 34 heavy (non-hydrogen) atoms. The van der Waals surface area contributed by atoms with Crippen LogP contribution in [-0.2, 0) is 4.79 Å². The van der Waals surface area contributed by atoms with Crippen LogP contribution in [0.25, 0.3) is 17.1 Å². The van der Waals surface area contributed by atoms with Crippen LogP contribution in [0.15, 0.2) is 89.1 Å². The minimum atomic E-state index is -0.241. The van der Waals surface area contributed by atoms with E-state index >= 15 is 0 Å². The first kappa shape index (κ1) is 23.3. The molecular weight excluding hydrogens is 446 g/mol. The highest BCUT2D eigenvalue weighted by atomic mass is 32.2. The van der Waals surface area contributed by atoms with Crippen LogP contribution < -0.4 is 10.2 Å². The summed E-state index contributed by atoms with van der Waals surface area (Å²) in [6.07, 6.45) is 1.58. The summed E-state index contributed by atoms with van der Waals surface area (Å²) in [4.78, 5) is 12.4. The Morgan fingerprint density at radius 1 is 1.03 bits per heavy atom. The number of thioether (sulfide) groups is 1. The zero-order valence-electron chi connectivity index (χ0n) is 19.0. The van der Waals surface area contributed by atoms with Crippen molar-refractivity contribution < 1.29 is 9.53 Å². The number of aryl methyl sites for hydroxylation is 1. The second kappa shape index (κ2) is 11.3. The largest absolute Gasteiger partial charge is 0.493 e. The number of hydrogen-bond acceptors (Lipinski definition) is 6. The fourth-order valence-electron chi connectivity index (χ4n) is 3.27. The van der Waals surface area contributed by atoms with E-state index < -0.39 is 0 Å². The van der Waals surface area contributed by atoms with Crippen LogP contribution in [0.5, 0.6) is 5.75 Å². The fourth-order valence-corrected chi connectivity index (χ4v) is 4.02. The highest BCUT2D eigenvalue weighted by Gasteiger charge is 2.17. The van der Waals surface area contributed by atoms with Crippen molar-refractivity contribution in [2.75, 3.05) is 12.4 Å². The maximum absolute atomic E-state index is 12.4. The van der Waals surface area contributed by atoms with Gasteiger partial charge in [-0.3, -0.25) is 9.36 Å². The Hall–Kier alpha value is -3.91. The van der Waals surface area contributed by atoms with Gasteiger partial charge >= 0.3 is 0 Å². The lowest BCUT2D eigenvalue weighted by atomic mass is 10.1. The zero-order valence-corrected chi connectivity index (χ0v) is 19.8. The summed E-state index contributed by atoms with van der Waals surface area (Å²) in [5.74, 6) is 1.34. The second-order valence-corrected chi connectivity index (χ2v) is 8.34. The number of carbonyl (C=O) groups excluding carboxylic acids is 1. The quantitative estimate of drug-likeness (QED) is 0.214. The van der Waals surface area contributed by atoms with Crippen molar-refractivity contribution in [3.8, 4) is 22.8 Å². The predicted octanol–water partition coefficient (Wildman–Crippen LogP) is 4.88. The van der Waals surface area contributed by atoms with Crippen LogP contribution in [0.1, 0.15) is 18.1 Å². The number of hydrazone groups is 1. The molecule has 0 aliphatic heterocycles. The molecular formula is C26H25N5O2S. The highest BCUT2D eigenvalue weighted by molar-refractivity contribution is 7.99. The van der Waals surface area contributed by atoms with Crippen LogP contribution in [0.4, 0.5) is 0 Å². The number of nitrogens with zero attached hydrogens (tertiary/aromatic N) is 4. The number of hydrogen-bond donors (Lipinski definition) is 1. The minimum absolute atomic E-state index is 0.142. The van der Waals surface area contributed by atoms with E-state index in [0.29, 0.717) is 11.8 Å². The summed E-state index contributed by atoms with van der Waals surface area (Å²) in [6, 6.07) is 25.5. The van der Waals surface area contributed by atoms with Crippen molar-refractivity contribution in [2.24, 2.45) is 5.10 Å². The molecule has 4 aromatic rings. The lowest BCUT2D eigenvalue weighted by Crippen LogP contribution is -2.20. The molecule has 0 saturated carbocycles. The van der Waals surface area contributed by atoms with Crippen molar-refractivity contribution in [1.29, 1.82) is 0 Å². The summed E-state index contributed by atoms with van der Waals surface area (Å²) >= 11 is 1.30. The van der Waals surface area contributed by atoms with Crippen LogP contribution in [0.2, 0.25) is 0 Å². The standard InChI is InChI=1S/C26H25N5O2S/c1-3-33-23-12-8-7-9-21(23)17-27-28-24(32)18-34-26-30-29-25(20-15-13-19(2)14-16-20)31(26)22-10-5-4-6-11-22/h4-17H,3,18H2,1-2H3,(H,28,32)/b27-17-. The van der Waals surface area contributed by atoms with E-state index in [1.807, 2.05) is 97.3 Å². The third kappa shape index (κ3) is 5.71. The van der Waals surface area contributed by atoms with Gasteiger partial charge in [-0.2, -0.15) is 5.10 Å². The molecule has 0 atom stereocenters. The number of rotatable bonds is 9. The van der Waals surface area contributed by atoms with Gasteiger partial charge in [-0.25, -0.2) is 5.43 Å². The first-order valence-corrected chi connectivity index (χ1v) is 11.9. The van der Waals surface area contributed by atoms with Gasteiger partial charge in [-0.05, 0) is 38.1 Å². The third-order valence-electron chi connectivity index (χ3n) is 4.90. The van der Waals surface area contributed by atoms with E-state index in [-0.39, 0.29) is 11.7 Å². The maximum atomic E-state index is 12.4. The van der Waals surface area contributed by atoms with Gasteiger partial charge < -0.3 is 4.74 Å². The highest BCUT2D eigenvalue weighted by Crippen LogP contribution is 2.28. The van der Waals surface area contributed by atoms with Crippen LogP contribution in [0, 0.1) is 6.92 Å². The molecule has 172 valence electrons. The molecule has 7 nitrogen and oxygen atoms in total. The minimum Gasteiger partial charge on any atom is -0.493 e. The average molecular weight is 472 g/mol. The van der Waals surface area contributed by atoms with Gasteiger partial charge in [0, 0.05) is 16.8 Å². The molecule has 1 heterocycles. The van der Waals surface area contributed by atoms with Crippen molar-refractivity contribution in [3.05, 3.63) is 90.0 Å². The number of carbonyl (C=O) groups is 1. The molecule has 0 bridgehead atoms. The number of ether oxygens (including phenoxy) is 1. The van der Waals surface area contributed by atoms with Crippen molar-refractivity contribution in [2.45, 2.75) is 19.0 Å². The van der Waals surface area contributed by atoms with Crippen molar-refractivity contribution in [3.63, 3.8) is 0 Å². The van der Waals surface area contributed by atoms with E-state index in [1.54, 1.807) is 6.21 Å². The predicted molar refractivity (Wildman–Crippen MR) is 136 cm³/mol. The molecule has 0 radical (unpaired) electrons. The monoisotopic (exact) mass is 471 g/mol. The van der Waals surface area contributed by atoms with Gasteiger partial charge in [0.05, 0.1) is 18.6 Å². The topological polar surface area (TPSA) is 81.4 Å². The van der Waals surface area contributed by atoms with E-state index in [1.165, 1.54) is 17.3 Å². The fraction of sp³-hybridized carbons (Fsp3) is 0.154. The van der Waals surface area contributed by atoms with Gasteiger partial charge in [-0.1, -0.05) is 71.9 Å². The molecule has 0 fully saturated rings. The van der Waals surface area contributed by atoms with Gasteiger partial charge in [0.25, 0.3) is 5.91 Å². The summed E-state index contributed by atoms with van der Waals surface area (Å²) in [5.41, 5.74) is 6.42. The lowest BCUT2D eigenvalue weighted by molar-refractivity contribution is -0.118. The summed E-state index contributed by atoms with van der Waals surface area (Å²) in [7, 11) is 0. The molecule has 4 rings (SSSR count). The van der Waals surface area contributed by atoms with Crippen molar-refractivity contribution in [1.82, 2.24) is 20.2 Å². The molecule has 1 amide bonds. The molecule has 0 unspecified atom stereocenters. The Labute approximate surface area is 202 Å². The number of benzene rings is 3. The average Bonchev–Trinajstić information content (AvgIpc) is 3.29. The molecule has 0 saturated heterocycles. The van der Waals surface area contributed by atoms with E-state index in [2.05, 4.69) is 20.7 Å². The Balaban J connectivity index is 1.48. The molecule has 1 aromatic heterocycles. The first-order valence-electron chi connectivity index (χ1n) is 10.9. The van der Waals surface area contributed by atoms with Crippen molar-refractivity contribution >= 4 is 23.9 Å². The molecule has 8 heteroatoms. The van der Waals surface area contributed by atoms with Crippen LogP contribution >= 0.6 is 11.8 Å². The van der Waals surface area contributed by atoms with Gasteiger partial charge in [-0.15, -0.1) is 10.2 Å². The van der Waals surface area contributed by atoms with Crippen LogP contribution in [0.3, 0.4) is 0 Å². The SMILES string of the molecule is CCOc1ccccc1/C=N\NC(=O)CSc1nnc(-c2ccc(C)cc2)n1-c1ccccc1. The number of aromatic nitrogens is 3. The van der Waals surface area contributed by atoms with Gasteiger partial charge in [0.2, 0.25) is 0 Å². The van der Waals surface area contributed by atoms with Gasteiger partial charge in [0.1, 0.15) is 5.75 Å². The number of nitrogens with one attached hydrogen (secondary N) is 1. The molecule has 3 aromatic carbocycles. The van der Waals surface area contributed by atoms with Gasteiger partial charge in [0.15, 0.2) is 11.0 Å². The van der Waals surface area contributed by atoms with Crippen LogP contribution in [-0.4, -0.2) is 39.2 Å². The van der Waals surface area contributed by atoms with E-state index in [0.717, 1.165) is 28.4 Å². The Morgan fingerprint density at radius 3 is 2.53 bits per heavy atom. The summed E-state index contributed by atoms with van der Waals surface area (Å²) < 4.78 is 7.54. The summed E-state index contributed by atoms with van der Waals surface area (Å²) in [6.45, 7) is 4.52. The smallest absolute Gasteiger partial charge is 0.250 e. The Kier molecular flexibility index (Phi) is 7.72. The van der Waals surface area contributed by atoms with E-state index in [9.17, 15) is 4.79 Å². The number of amides is 1. The molecule has 1 N–H and O–H groups in total. The third-order valence-corrected chi connectivity index (χ3v) is 5.83. The zero-order chi connectivity index (χ0) is 23.8. The lowest BCUT2D eigenvalue weighted by Gasteiger charge is -2.10. The maximum Gasteiger partial charge on any atom is 0.250 e. The summed E-state index contributed by atoms with van der Waals surface area (Å²) in [5, 5.41) is 13.5. The Bertz CT molecular complexity index is 1270. The first-order chi connectivity index (χ1) is 16.7. The Morgan fingerprint density at radius 2 is 1.76 bits per heavy atom. The number of para-hydroxylation sites is 2. The second-order valence-electron chi connectivity index (χ2n) is 7.40.